The van der Waals surface area contributed by atoms with Crippen LogP contribution >= 0.6 is 0 Å². The van der Waals surface area contributed by atoms with Crippen molar-refractivity contribution in [1.29, 1.82) is 0 Å². The predicted molar refractivity (Wildman–Crippen MR) is 133 cm³/mol. The van der Waals surface area contributed by atoms with E-state index >= 15 is 0 Å². The van der Waals surface area contributed by atoms with Crippen LogP contribution in [0.3, 0.4) is 0 Å². The second-order valence-electron chi connectivity index (χ2n) is 9.24. The molecule has 43 heavy (non-hydrogen) atoms. The molecule has 1 atom stereocenters. The van der Waals surface area contributed by atoms with Crippen LogP contribution in [0.2, 0.25) is 0 Å². The van der Waals surface area contributed by atoms with Crippen molar-refractivity contribution in [2.45, 2.75) is 37.4 Å². The first-order valence-corrected chi connectivity index (χ1v) is 12.3. The molecule has 0 saturated carbocycles. The molecule has 2 aromatic carbocycles. The number of alkyl halides is 6. The van der Waals surface area contributed by atoms with Crippen molar-refractivity contribution in [3.8, 4) is 23.2 Å². The molecule has 16 heteroatoms. The van der Waals surface area contributed by atoms with Crippen molar-refractivity contribution in [3.05, 3.63) is 99.2 Å². The summed E-state index contributed by atoms with van der Waals surface area (Å²) in [5.74, 6) is -4.88. The Balaban J connectivity index is 1.75. The second-order valence-corrected chi connectivity index (χ2v) is 9.24. The van der Waals surface area contributed by atoms with E-state index in [1.165, 1.54) is 24.3 Å². The molecule has 5 rings (SSSR count). The van der Waals surface area contributed by atoms with Crippen molar-refractivity contribution in [3.63, 3.8) is 0 Å². The minimum atomic E-state index is -5.25. The number of nitro groups is 1. The molecule has 1 unspecified atom stereocenters. The summed E-state index contributed by atoms with van der Waals surface area (Å²) in [5, 5.41) is 18.7. The summed E-state index contributed by atoms with van der Waals surface area (Å²) < 4.78 is 117. The van der Waals surface area contributed by atoms with Gasteiger partial charge in [-0.05, 0) is 36.1 Å². The van der Waals surface area contributed by atoms with Crippen LogP contribution in [0.25, 0.3) is 17.7 Å². The third-order valence-corrected chi connectivity index (χ3v) is 6.31. The highest BCUT2D eigenvalue weighted by Gasteiger charge is 2.61. The lowest BCUT2D eigenvalue weighted by Gasteiger charge is -2.32. The van der Waals surface area contributed by atoms with Crippen LogP contribution in [-0.2, 0) is 23.1 Å². The van der Waals surface area contributed by atoms with Crippen LogP contribution in [0.4, 0.5) is 36.4 Å². The van der Waals surface area contributed by atoms with Gasteiger partial charge in [-0.3, -0.25) is 10.1 Å². The van der Waals surface area contributed by atoms with Gasteiger partial charge in [0.2, 0.25) is 17.2 Å². The van der Waals surface area contributed by atoms with E-state index in [0.717, 1.165) is 18.2 Å². The fourth-order valence-corrected chi connectivity index (χ4v) is 4.27. The lowest BCUT2D eigenvalue weighted by atomic mass is 9.95. The van der Waals surface area contributed by atoms with Crippen molar-refractivity contribution in [1.82, 2.24) is 15.2 Å². The summed E-state index contributed by atoms with van der Waals surface area (Å²) in [7, 11) is 0. The van der Waals surface area contributed by atoms with E-state index in [1.54, 1.807) is 18.2 Å². The van der Waals surface area contributed by atoms with E-state index in [9.17, 15) is 40.8 Å². The Morgan fingerprint density at radius 1 is 1.02 bits per heavy atom. The first-order valence-electron chi connectivity index (χ1n) is 12.3. The van der Waals surface area contributed by atoms with E-state index in [-0.39, 0.29) is 18.1 Å². The number of hydrogen-bond donors (Lipinski definition) is 0. The van der Waals surface area contributed by atoms with Gasteiger partial charge in [0.15, 0.2) is 0 Å². The highest BCUT2D eigenvalue weighted by molar-refractivity contribution is 5.65. The quantitative estimate of drug-likeness (QED) is 0.131. The zero-order valence-electron chi connectivity index (χ0n) is 21.4. The van der Waals surface area contributed by atoms with Crippen molar-refractivity contribution in [2.24, 2.45) is 0 Å². The topological polar surface area (TPSA) is 113 Å². The van der Waals surface area contributed by atoms with E-state index in [4.69, 9.17) is 13.9 Å². The maximum Gasteiger partial charge on any atom is 0.426 e. The van der Waals surface area contributed by atoms with E-state index in [2.05, 4.69) is 15.2 Å². The summed E-state index contributed by atoms with van der Waals surface area (Å²) in [4.78, 5) is 14.1. The number of allylic oxidation sites excluding steroid dienone is 1. The van der Waals surface area contributed by atoms with Crippen molar-refractivity contribution >= 4 is 11.8 Å². The Hall–Kier alpha value is -4.86. The number of pyridine rings is 1. The zero-order valence-corrected chi connectivity index (χ0v) is 21.4. The number of hydrogen-bond acceptors (Lipinski definition) is 8. The molecule has 0 spiro atoms. The number of rotatable bonds is 4. The molecule has 0 saturated heterocycles. The Morgan fingerprint density at radius 3 is 2.44 bits per heavy atom. The molecule has 0 N–H and O–H groups in total. The molecule has 1 aliphatic rings. The summed E-state index contributed by atoms with van der Waals surface area (Å²) in [6.45, 7) is -0.578. The summed E-state index contributed by atoms with van der Waals surface area (Å²) >= 11 is 0. The highest BCUT2D eigenvalue weighted by Crippen LogP contribution is 2.48. The van der Waals surface area contributed by atoms with Crippen molar-refractivity contribution in [2.75, 3.05) is 0 Å². The van der Waals surface area contributed by atoms with Crippen molar-refractivity contribution < 1.29 is 49.5 Å². The van der Waals surface area contributed by atoms with E-state index in [0.29, 0.717) is 5.56 Å². The highest BCUT2D eigenvalue weighted by atomic mass is 19.4. The Kier molecular flexibility index (Phi) is 7.64. The zero-order chi connectivity index (χ0) is 31.0. The lowest BCUT2D eigenvalue weighted by molar-refractivity contribution is -0.384. The van der Waals surface area contributed by atoms with Crippen LogP contribution < -0.4 is 4.74 Å². The SMILES string of the molecule is O=[N+]([O-])c1cc(C(F)(F)F)c2nc1-c1nnc(o1)C(OCc1ccccc1)(C(F)(F)F)CC/C=C\c1cc(F)cc(c1)O2. The summed E-state index contributed by atoms with van der Waals surface area (Å²) in [6, 6.07) is 10.7. The fraction of sp³-hybridized carbons (Fsp3) is 0.222. The van der Waals surface area contributed by atoms with Crippen LogP contribution in [0.15, 0.2) is 65.1 Å². The molecule has 224 valence electrons. The second kappa shape index (κ2) is 11.1. The van der Waals surface area contributed by atoms with Crippen LogP contribution in [0, 0.1) is 15.9 Å². The first kappa shape index (κ1) is 29.6. The van der Waals surface area contributed by atoms with E-state index in [1.807, 2.05) is 0 Å². The molecular weight excluding hydrogens is 593 g/mol. The van der Waals surface area contributed by atoms with Gasteiger partial charge in [-0.1, -0.05) is 42.5 Å². The van der Waals surface area contributed by atoms with Gasteiger partial charge < -0.3 is 13.9 Å². The number of fused-ring (bicyclic) bond motifs is 7. The third-order valence-electron chi connectivity index (χ3n) is 6.31. The monoisotopic (exact) mass is 610 g/mol. The van der Waals surface area contributed by atoms with Crippen LogP contribution in [0.1, 0.15) is 35.4 Å². The number of benzene rings is 2. The Labute approximate surface area is 236 Å². The van der Waals surface area contributed by atoms with Gasteiger partial charge in [-0.25, -0.2) is 9.37 Å². The lowest BCUT2D eigenvalue weighted by Crippen LogP contribution is -2.45. The number of aromatic nitrogens is 3. The van der Waals surface area contributed by atoms with Gasteiger partial charge in [0.05, 0.1) is 11.5 Å². The van der Waals surface area contributed by atoms with E-state index < -0.39 is 82.1 Å². The van der Waals surface area contributed by atoms with Gasteiger partial charge >= 0.3 is 18.0 Å². The normalized spacial score (nSPS) is 17.8. The predicted octanol–water partition coefficient (Wildman–Crippen LogP) is 7.77. The Bertz CT molecular complexity index is 1690. The molecular formula is C27H17F7N4O5. The van der Waals surface area contributed by atoms with Gasteiger partial charge in [0, 0.05) is 12.1 Å². The van der Waals surface area contributed by atoms with Crippen LogP contribution in [-0.4, -0.2) is 26.3 Å². The number of ether oxygens (including phenoxy) is 2. The maximum absolute atomic E-state index is 14.8. The van der Waals surface area contributed by atoms with Gasteiger partial charge in [0.1, 0.15) is 17.1 Å². The number of halogens is 7. The first-order chi connectivity index (χ1) is 20.3. The average Bonchev–Trinajstić information content (AvgIpc) is 3.41. The molecule has 6 bridgehead atoms. The van der Waals surface area contributed by atoms with Gasteiger partial charge in [-0.15, -0.1) is 10.2 Å². The molecule has 9 nitrogen and oxygen atoms in total. The third kappa shape index (κ3) is 6.04. The van der Waals surface area contributed by atoms with Gasteiger partial charge in [-0.2, -0.15) is 26.3 Å². The van der Waals surface area contributed by atoms with Crippen LogP contribution in [0.5, 0.6) is 11.6 Å². The average molecular weight is 610 g/mol. The molecule has 0 radical (unpaired) electrons. The number of nitrogens with zero attached hydrogens (tertiary/aromatic N) is 4. The smallest absolute Gasteiger partial charge is 0.426 e. The molecule has 1 aliphatic heterocycles. The molecule has 0 amide bonds. The Morgan fingerprint density at radius 2 is 1.77 bits per heavy atom. The minimum absolute atomic E-state index is 0.0304. The molecule has 0 aliphatic carbocycles. The molecule has 3 heterocycles. The standard InChI is InChI=1S/C27H17F7N4O5/c28-17-10-16-8-4-5-9-25(27(32,33)34,41-14-15-6-2-1-3-7-15)24-37-36-23(43-24)21-20(38(39)40)13-19(26(29,30)31)22(35-21)42-18(11-16)12-17/h1-4,6-8,10-13H,5,9,14H2/b8-4-. The molecule has 2 aromatic heterocycles. The summed E-state index contributed by atoms with van der Waals surface area (Å²) in [5.41, 5.74) is -6.94. The van der Waals surface area contributed by atoms with Gasteiger partial charge in [0.25, 0.3) is 11.8 Å². The minimum Gasteiger partial charge on any atom is -0.438 e. The maximum atomic E-state index is 14.8. The fourth-order valence-electron chi connectivity index (χ4n) is 4.27. The molecule has 0 fully saturated rings. The largest absolute Gasteiger partial charge is 0.438 e. The molecule has 4 aromatic rings. The summed E-state index contributed by atoms with van der Waals surface area (Å²) in [6.07, 6.45) is -9.15.